The molecule has 0 bridgehead atoms. The number of aryl methyl sites for hydroxylation is 1. The molecule has 0 unspecified atom stereocenters. The highest BCUT2D eigenvalue weighted by atomic mass is 79.9. The minimum atomic E-state index is -0.160. The fraction of sp³-hybridized carbons (Fsp3) is 0.357. The summed E-state index contributed by atoms with van der Waals surface area (Å²) in [6.07, 6.45) is 0.997. The topological polar surface area (TPSA) is 73.3 Å². The second kappa shape index (κ2) is 7.55. The minimum Gasteiger partial charge on any atom is -0.493 e. The Morgan fingerprint density at radius 1 is 1.27 bits per heavy atom. The molecule has 0 saturated carbocycles. The predicted octanol–water partition coefficient (Wildman–Crippen LogP) is 3.06. The van der Waals surface area contributed by atoms with Crippen LogP contribution >= 0.6 is 27.3 Å². The standard InChI is InChI=1S/C14H16BrN3O3S/c1-4-13-17-18-14(22-13)16-12(19)6-8-5-10(20-2)11(21-3)7-9(8)15/h5,7H,4,6H2,1-3H3,(H,16,18,19). The van der Waals surface area contributed by atoms with E-state index in [0.29, 0.717) is 16.6 Å². The van der Waals surface area contributed by atoms with Gasteiger partial charge in [-0.2, -0.15) is 0 Å². The number of ether oxygens (including phenoxy) is 2. The molecule has 2 rings (SSSR count). The second-order valence-electron chi connectivity index (χ2n) is 4.38. The fourth-order valence-electron chi connectivity index (χ4n) is 1.82. The van der Waals surface area contributed by atoms with Crippen molar-refractivity contribution in [2.24, 2.45) is 0 Å². The summed E-state index contributed by atoms with van der Waals surface area (Å²) in [5, 5.41) is 12.1. The maximum atomic E-state index is 12.1. The number of rotatable bonds is 6. The molecular weight excluding hydrogens is 370 g/mol. The lowest BCUT2D eigenvalue weighted by atomic mass is 10.1. The minimum absolute atomic E-state index is 0.160. The molecule has 0 spiro atoms. The van der Waals surface area contributed by atoms with Crippen molar-refractivity contribution in [2.45, 2.75) is 19.8 Å². The number of carbonyl (C=O) groups is 1. The van der Waals surface area contributed by atoms with Crippen molar-refractivity contribution in [3.05, 3.63) is 27.2 Å². The summed E-state index contributed by atoms with van der Waals surface area (Å²) >= 11 is 4.82. The lowest BCUT2D eigenvalue weighted by molar-refractivity contribution is -0.115. The number of nitrogens with zero attached hydrogens (tertiary/aromatic N) is 2. The van der Waals surface area contributed by atoms with E-state index in [-0.39, 0.29) is 12.3 Å². The zero-order valence-electron chi connectivity index (χ0n) is 12.5. The highest BCUT2D eigenvalue weighted by Crippen LogP contribution is 2.33. The molecule has 22 heavy (non-hydrogen) atoms. The monoisotopic (exact) mass is 385 g/mol. The third kappa shape index (κ3) is 3.95. The third-order valence-corrected chi connectivity index (χ3v) is 4.64. The number of nitrogens with one attached hydrogen (secondary N) is 1. The van der Waals surface area contributed by atoms with Crippen LogP contribution < -0.4 is 14.8 Å². The first-order valence-corrected chi connectivity index (χ1v) is 8.21. The Kier molecular flexibility index (Phi) is 5.73. The van der Waals surface area contributed by atoms with Crippen LogP contribution in [0, 0.1) is 0 Å². The molecule has 8 heteroatoms. The molecule has 6 nitrogen and oxygen atoms in total. The number of amides is 1. The largest absolute Gasteiger partial charge is 0.493 e. The van der Waals surface area contributed by atoms with Crippen molar-refractivity contribution < 1.29 is 14.3 Å². The van der Waals surface area contributed by atoms with Gasteiger partial charge in [-0.15, -0.1) is 10.2 Å². The fourth-order valence-corrected chi connectivity index (χ4v) is 2.97. The van der Waals surface area contributed by atoms with E-state index in [1.807, 2.05) is 6.92 Å². The zero-order chi connectivity index (χ0) is 16.1. The molecule has 118 valence electrons. The Hall–Kier alpha value is -1.67. The van der Waals surface area contributed by atoms with Crippen LogP contribution in [0.4, 0.5) is 5.13 Å². The number of hydrogen-bond donors (Lipinski definition) is 1. The van der Waals surface area contributed by atoms with E-state index >= 15 is 0 Å². The summed E-state index contributed by atoms with van der Waals surface area (Å²) < 4.78 is 11.3. The second-order valence-corrected chi connectivity index (χ2v) is 6.29. The van der Waals surface area contributed by atoms with Gasteiger partial charge in [-0.25, -0.2) is 0 Å². The van der Waals surface area contributed by atoms with E-state index in [2.05, 4.69) is 31.4 Å². The van der Waals surface area contributed by atoms with Crippen LogP contribution in [0.25, 0.3) is 0 Å². The molecule has 0 atom stereocenters. The van der Waals surface area contributed by atoms with E-state index < -0.39 is 0 Å². The maximum absolute atomic E-state index is 12.1. The van der Waals surface area contributed by atoms with Crippen molar-refractivity contribution >= 4 is 38.3 Å². The van der Waals surface area contributed by atoms with E-state index in [1.54, 1.807) is 26.4 Å². The molecule has 0 aliphatic heterocycles. The number of hydrogen-bond acceptors (Lipinski definition) is 6. The number of carbonyl (C=O) groups excluding carboxylic acids is 1. The van der Waals surface area contributed by atoms with E-state index in [1.165, 1.54) is 11.3 Å². The summed E-state index contributed by atoms with van der Waals surface area (Å²) in [6.45, 7) is 1.99. The van der Waals surface area contributed by atoms with E-state index in [0.717, 1.165) is 21.5 Å². The normalized spacial score (nSPS) is 10.4. The highest BCUT2D eigenvalue weighted by molar-refractivity contribution is 9.10. The van der Waals surface area contributed by atoms with Crippen molar-refractivity contribution in [3.63, 3.8) is 0 Å². The number of aromatic nitrogens is 2. The van der Waals surface area contributed by atoms with Crippen molar-refractivity contribution in [2.75, 3.05) is 19.5 Å². The van der Waals surface area contributed by atoms with Gasteiger partial charge in [-0.3, -0.25) is 4.79 Å². The smallest absolute Gasteiger partial charge is 0.230 e. The Labute approximate surface area is 141 Å². The molecule has 2 aromatic rings. The molecule has 1 N–H and O–H groups in total. The van der Waals surface area contributed by atoms with Gasteiger partial charge in [0, 0.05) is 4.47 Å². The van der Waals surface area contributed by atoms with Gasteiger partial charge in [0.25, 0.3) is 0 Å². The summed E-state index contributed by atoms with van der Waals surface area (Å²) in [4.78, 5) is 12.1. The average molecular weight is 386 g/mol. The first kappa shape index (κ1) is 16.7. The van der Waals surface area contributed by atoms with E-state index in [9.17, 15) is 4.79 Å². The molecule has 1 heterocycles. The van der Waals surface area contributed by atoms with Crippen LogP contribution in [-0.2, 0) is 17.6 Å². The van der Waals surface area contributed by atoms with Crippen molar-refractivity contribution in [3.8, 4) is 11.5 Å². The molecule has 1 amide bonds. The summed E-state index contributed by atoms with van der Waals surface area (Å²) in [5.41, 5.74) is 0.801. The summed E-state index contributed by atoms with van der Waals surface area (Å²) in [5.74, 6) is 1.03. The van der Waals surface area contributed by atoms with Gasteiger partial charge in [0.15, 0.2) is 11.5 Å². The Balaban J connectivity index is 2.10. The zero-order valence-corrected chi connectivity index (χ0v) is 14.9. The summed E-state index contributed by atoms with van der Waals surface area (Å²) in [7, 11) is 3.13. The molecule has 0 aliphatic rings. The van der Waals surface area contributed by atoms with Gasteiger partial charge in [0.05, 0.1) is 20.6 Å². The molecular formula is C14H16BrN3O3S. The van der Waals surface area contributed by atoms with Gasteiger partial charge in [-0.1, -0.05) is 34.2 Å². The Morgan fingerprint density at radius 2 is 1.95 bits per heavy atom. The molecule has 0 radical (unpaired) electrons. The van der Waals surface area contributed by atoms with Crippen molar-refractivity contribution in [1.29, 1.82) is 0 Å². The van der Waals surface area contributed by atoms with Crippen LogP contribution in [0.2, 0.25) is 0 Å². The molecule has 1 aromatic heterocycles. The maximum Gasteiger partial charge on any atom is 0.230 e. The number of halogens is 1. The average Bonchev–Trinajstić information content (AvgIpc) is 2.96. The Morgan fingerprint density at radius 3 is 2.55 bits per heavy atom. The van der Waals surface area contributed by atoms with E-state index in [4.69, 9.17) is 9.47 Å². The van der Waals surface area contributed by atoms with Gasteiger partial charge >= 0.3 is 0 Å². The van der Waals surface area contributed by atoms with Crippen LogP contribution in [0.1, 0.15) is 17.5 Å². The quantitative estimate of drug-likeness (QED) is 0.826. The van der Waals surface area contributed by atoms with Gasteiger partial charge in [-0.05, 0) is 24.1 Å². The summed E-state index contributed by atoms with van der Waals surface area (Å²) in [6, 6.07) is 3.56. The number of benzene rings is 1. The van der Waals surface area contributed by atoms with Gasteiger partial charge in [0.2, 0.25) is 11.0 Å². The third-order valence-electron chi connectivity index (χ3n) is 2.92. The first-order chi connectivity index (χ1) is 10.6. The first-order valence-electron chi connectivity index (χ1n) is 6.60. The lowest BCUT2D eigenvalue weighted by Gasteiger charge is -2.11. The SMILES string of the molecule is CCc1nnc(NC(=O)Cc2cc(OC)c(OC)cc2Br)s1. The highest BCUT2D eigenvalue weighted by Gasteiger charge is 2.14. The van der Waals surface area contributed by atoms with Gasteiger partial charge in [0.1, 0.15) is 5.01 Å². The van der Waals surface area contributed by atoms with Crippen molar-refractivity contribution in [1.82, 2.24) is 10.2 Å². The Bertz CT molecular complexity index is 675. The lowest BCUT2D eigenvalue weighted by Crippen LogP contribution is -2.14. The molecule has 1 aromatic carbocycles. The van der Waals surface area contributed by atoms with Gasteiger partial charge < -0.3 is 14.8 Å². The van der Waals surface area contributed by atoms with Crippen LogP contribution in [0.5, 0.6) is 11.5 Å². The van der Waals surface area contributed by atoms with Crippen LogP contribution in [-0.4, -0.2) is 30.3 Å². The number of methoxy groups -OCH3 is 2. The number of anilines is 1. The van der Waals surface area contributed by atoms with Crippen LogP contribution in [0.3, 0.4) is 0 Å². The molecule has 0 aliphatic carbocycles. The molecule has 0 fully saturated rings. The molecule has 0 saturated heterocycles. The predicted molar refractivity (Wildman–Crippen MR) is 88.9 cm³/mol. The van der Waals surface area contributed by atoms with Crippen LogP contribution in [0.15, 0.2) is 16.6 Å².